The zero-order valence-corrected chi connectivity index (χ0v) is 16.3. The van der Waals surface area contributed by atoms with Crippen molar-refractivity contribution >= 4 is 17.4 Å². The van der Waals surface area contributed by atoms with Crippen LogP contribution in [0.4, 0.5) is 5.69 Å². The number of para-hydroxylation sites is 1. The van der Waals surface area contributed by atoms with Gasteiger partial charge in [0.15, 0.2) is 0 Å². The summed E-state index contributed by atoms with van der Waals surface area (Å²) in [4.78, 5) is 28.4. The summed E-state index contributed by atoms with van der Waals surface area (Å²) >= 11 is 0. The van der Waals surface area contributed by atoms with E-state index in [0.717, 1.165) is 28.8 Å². The number of hydrogen-bond acceptors (Lipinski definition) is 2. The van der Waals surface area contributed by atoms with Crippen molar-refractivity contribution in [3.63, 3.8) is 0 Å². The predicted molar refractivity (Wildman–Crippen MR) is 114 cm³/mol. The third-order valence-corrected chi connectivity index (χ3v) is 6.47. The Balaban J connectivity index is 1.70. The first kappa shape index (κ1) is 17.9. The Bertz CT molecular complexity index is 1060. The molecule has 0 bridgehead atoms. The fourth-order valence-electron chi connectivity index (χ4n) is 5.20. The van der Waals surface area contributed by atoms with Crippen LogP contribution in [0.2, 0.25) is 0 Å². The summed E-state index contributed by atoms with van der Waals surface area (Å²) in [6.07, 6.45) is 1.79. The molecule has 29 heavy (non-hydrogen) atoms. The molecule has 0 N–H and O–H groups in total. The highest BCUT2D eigenvalue weighted by molar-refractivity contribution is 6.11. The zero-order valence-electron chi connectivity index (χ0n) is 16.3. The molecule has 3 aromatic rings. The number of benzene rings is 3. The summed E-state index contributed by atoms with van der Waals surface area (Å²) in [5.41, 5.74) is 3.30. The molecular formula is C26H23NO2. The van der Waals surface area contributed by atoms with Gasteiger partial charge in [-0.05, 0) is 35.1 Å². The van der Waals surface area contributed by atoms with Gasteiger partial charge in [0.05, 0.1) is 6.54 Å². The minimum absolute atomic E-state index is 0.00757. The van der Waals surface area contributed by atoms with E-state index >= 15 is 0 Å². The number of fused-ring (bicyclic) bond motifs is 1. The second-order valence-corrected chi connectivity index (χ2v) is 8.05. The van der Waals surface area contributed by atoms with E-state index in [9.17, 15) is 9.59 Å². The quantitative estimate of drug-likeness (QED) is 0.645. The number of Topliss-reactive ketones (excluding diaryl/α,β-unsaturated/α-hetero) is 1. The first-order chi connectivity index (χ1) is 14.2. The summed E-state index contributed by atoms with van der Waals surface area (Å²) < 4.78 is 0. The SMILES string of the molecule is O=C1CC[C@@H]([C@]2(c3ccccc3)C(=O)N(Cc3ccccc3)c3ccccc32)C1. The van der Waals surface area contributed by atoms with E-state index in [0.29, 0.717) is 19.4 Å². The van der Waals surface area contributed by atoms with E-state index in [4.69, 9.17) is 0 Å². The Labute approximate surface area is 171 Å². The highest BCUT2D eigenvalue weighted by atomic mass is 16.2. The summed E-state index contributed by atoms with van der Waals surface area (Å²) in [5, 5.41) is 0. The van der Waals surface area contributed by atoms with Gasteiger partial charge in [0.25, 0.3) is 0 Å². The molecule has 1 aliphatic heterocycles. The normalized spacial score (nSPS) is 23.4. The fraction of sp³-hybridized carbons (Fsp3) is 0.231. The van der Waals surface area contributed by atoms with E-state index in [1.807, 2.05) is 71.6 Å². The molecule has 3 aromatic carbocycles. The Morgan fingerprint density at radius 3 is 2.17 bits per heavy atom. The van der Waals surface area contributed by atoms with Gasteiger partial charge in [-0.3, -0.25) is 9.59 Å². The zero-order chi connectivity index (χ0) is 19.8. The largest absolute Gasteiger partial charge is 0.307 e. The summed E-state index contributed by atoms with van der Waals surface area (Å²) in [6.45, 7) is 0.534. The van der Waals surface area contributed by atoms with Crippen LogP contribution < -0.4 is 4.90 Å². The number of carbonyl (C=O) groups excluding carboxylic acids is 2. The van der Waals surface area contributed by atoms with Crippen molar-refractivity contribution in [2.45, 2.75) is 31.2 Å². The maximum Gasteiger partial charge on any atom is 0.242 e. The van der Waals surface area contributed by atoms with Gasteiger partial charge in [0, 0.05) is 18.5 Å². The lowest BCUT2D eigenvalue weighted by molar-refractivity contribution is -0.123. The van der Waals surface area contributed by atoms with E-state index < -0.39 is 5.41 Å². The standard InChI is InChI=1S/C26H23NO2/c28-22-16-15-21(17-22)26(20-11-5-2-6-12-20)23-13-7-8-14-24(23)27(25(26)29)18-19-9-3-1-4-10-19/h1-14,21H,15-18H2/t21-,26+/m1/s1. The molecule has 1 saturated carbocycles. The van der Waals surface area contributed by atoms with Gasteiger partial charge in [0.2, 0.25) is 5.91 Å². The molecule has 144 valence electrons. The first-order valence-corrected chi connectivity index (χ1v) is 10.2. The van der Waals surface area contributed by atoms with E-state index in [1.165, 1.54) is 0 Å². The third-order valence-electron chi connectivity index (χ3n) is 6.47. The van der Waals surface area contributed by atoms with Crippen molar-refractivity contribution in [3.05, 3.63) is 102 Å². The second-order valence-electron chi connectivity index (χ2n) is 8.05. The number of nitrogens with zero attached hydrogens (tertiary/aromatic N) is 1. The van der Waals surface area contributed by atoms with Crippen LogP contribution >= 0.6 is 0 Å². The van der Waals surface area contributed by atoms with Crippen LogP contribution in [-0.4, -0.2) is 11.7 Å². The van der Waals surface area contributed by atoms with Gasteiger partial charge in [-0.25, -0.2) is 0 Å². The van der Waals surface area contributed by atoms with Crippen LogP contribution in [-0.2, 0) is 21.5 Å². The summed E-state index contributed by atoms with van der Waals surface area (Å²) in [5.74, 6) is 0.345. The summed E-state index contributed by atoms with van der Waals surface area (Å²) in [7, 11) is 0. The van der Waals surface area contributed by atoms with Gasteiger partial charge < -0.3 is 4.90 Å². The third kappa shape index (κ3) is 2.72. The molecule has 1 aliphatic carbocycles. The Morgan fingerprint density at radius 1 is 0.828 bits per heavy atom. The van der Waals surface area contributed by atoms with Gasteiger partial charge in [0.1, 0.15) is 11.2 Å². The molecular weight excluding hydrogens is 358 g/mol. The van der Waals surface area contributed by atoms with Gasteiger partial charge in [-0.15, -0.1) is 0 Å². The Morgan fingerprint density at radius 2 is 1.48 bits per heavy atom. The van der Waals surface area contributed by atoms with Crippen molar-refractivity contribution in [2.24, 2.45) is 5.92 Å². The predicted octanol–water partition coefficient (Wildman–Crippen LogP) is 4.89. The molecule has 1 amide bonds. The molecule has 1 fully saturated rings. The first-order valence-electron chi connectivity index (χ1n) is 10.2. The number of anilines is 1. The van der Waals surface area contributed by atoms with E-state index in [1.54, 1.807) is 0 Å². The molecule has 0 saturated heterocycles. The average molecular weight is 381 g/mol. The van der Waals surface area contributed by atoms with Crippen LogP contribution in [0.1, 0.15) is 36.0 Å². The maximum absolute atomic E-state index is 14.2. The monoisotopic (exact) mass is 381 g/mol. The lowest BCUT2D eigenvalue weighted by atomic mass is 9.65. The maximum atomic E-state index is 14.2. The van der Waals surface area contributed by atoms with Crippen molar-refractivity contribution in [1.82, 2.24) is 0 Å². The molecule has 2 atom stereocenters. The number of ketones is 1. The number of hydrogen-bond donors (Lipinski definition) is 0. The van der Waals surface area contributed by atoms with Gasteiger partial charge in [-0.2, -0.15) is 0 Å². The van der Waals surface area contributed by atoms with Crippen LogP contribution in [0, 0.1) is 5.92 Å². The molecule has 1 heterocycles. The highest BCUT2D eigenvalue weighted by Crippen LogP contribution is 2.54. The number of amides is 1. The van der Waals surface area contributed by atoms with Crippen molar-refractivity contribution in [1.29, 1.82) is 0 Å². The van der Waals surface area contributed by atoms with Crippen LogP contribution in [0.3, 0.4) is 0 Å². The minimum atomic E-state index is -0.793. The Hall–Kier alpha value is -3.20. The molecule has 0 aromatic heterocycles. The molecule has 3 heteroatoms. The molecule has 0 spiro atoms. The van der Waals surface area contributed by atoms with E-state index in [2.05, 4.69) is 18.2 Å². The fourth-order valence-corrected chi connectivity index (χ4v) is 5.20. The van der Waals surface area contributed by atoms with Crippen molar-refractivity contribution in [3.8, 4) is 0 Å². The Kier molecular flexibility index (Phi) is 4.31. The van der Waals surface area contributed by atoms with E-state index in [-0.39, 0.29) is 17.6 Å². The van der Waals surface area contributed by atoms with Gasteiger partial charge in [-0.1, -0.05) is 78.9 Å². The van der Waals surface area contributed by atoms with Crippen LogP contribution in [0.25, 0.3) is 0 Å². The second kappa shape index (κ2) is 7.00. The lowest BCUT2D eigenvalue weighted by Gasteiger charge is -2.35. The number of rotatable bonds is 4. The lowest BCUT2D eigenvalue weighted by Crippen LogP contribution is -2.45. The smallest absolute Gasteiger partial charge is 0.242 e. The van der Waals surface area contributed by atoms with Crippen molar-refractivity contribution < 1.29 is 9.59 Å². The molecule has 5 rings (SSSR count). The van der Waals surface area contributed by atoms with Crippen molar-refractivity contribution in [2.75, 3.05) is 4.90 Å². The molecule has 0 unspecified atom stereocenters. The molecule has 0 radical (unpaired) electrons. The highest BCUT2D eigenvalue weighted by Gasteiger charge is 2.57. The summed E-state index contributed by atoms with van der Waals surface area (Å²) in [6, 6.07) is 28.3. The number of carbonyl (C=O) groups is 2. The van der Waals surface area contributed by atoms with Gasteiger partial charge >= 0.3 is 0 Å². The minimum Gasteiger partial charge on any atom is -0.307 e. The van der Waals surface area contributed by atoms with Crippen LogP contribution in [0.15, 0.2) is 84.9 Å². The average Bonchev–Trinajstić information content (AvgIpc) is 3.30. The molecule has 3 nitrogen and oxygen atoms in total. The topological polar surface area (TPSA) is 37.4 Å². The van der Waals surface area contributed by atoms with Crippen LogP contribution in [0.5, 0.6) is 0 Å². The molecule has 2 aliphatic rings.